The van der Waals surface area contributed by atoms with Gasteiger partial charge in [0.05, 0.1) is 6.21 Å². The molecule has 0 aliphatic carbocycles. The number of aromatic hydroxyl groups is 2. The van der Waals surface area contributed by atoms with Crippen LogP contribution in [0.15, 0.2) is 65.9 Å². The third-order valence-electron chi connectivity index (χ3n) is 3.86. The van der Waals surface area contributed by atoms with E-state index >= 15 is 0 Å². The van der Waals surface area contributed by atoms with Crippen molar-refractivity contribution in [2.24, 2.45) is 5.10 Å². The van der Waals surface area contributed by atoms with Gasteiger partial charge in [-0.25, -0.2) is 4.98 Å². The second kappa shape index (κ2) is 6.09. The largest absolute Gasteiger partial charge is 0.506 e. The van der Waals surface area contributed by atoms with Gasteiger partial charge in [-0.1, -0.05) is 24.3 Å². The van der Waals surface area contributed by atoms with Crippen LogP contribution >= 0.6 is 0 Å². The summed E-state index contributed by atoms with van der Waals surface area (Å²) in [4.78, 5) is 8.51. The van der Waals surface area contributed by atoms with Crippen molar-refractivity contribution in [2.45, 2.75) is 0 Å². The average Bonchev–Trinajstić information content (AvgIpc) is 2.64. The first kappa shape index (κ1) is 14.9. The number of phenolic OH excluding ortho intramolecular Hbond substituents is 2. The predicted octanol–water partition coefficient (Wildman–Crippen LogP) is 3.64. The van der Waals surface area contributed by atoms with Crippen LogP contribution in [0.2, 0.25) is 0 Å². The van der Waals surface area contributed by atoms with Crippen molar-refractivity contribution in [3.63, 3.8) is 0 Å². The fourth-order valence-corrected chi connectivity index (χ4v) is 2.61. The number of hydrogen-bond donors (Lipinski definition) is 3. The summed E-state index contributed by atoms with van der Waals surface area (Å²) in [6, 6.07) is 16.2. The van der Waals surface area contributed by atoms with E-state index in [4.69, 9.17) is 0 Å². The van der Waals surface area contributed by atoms with Gasteiger partial charge in [0.1, 0.15) is 22.6 Å². The molecular formula is C19H14N4O2. The Morgan fingerprint density at radius 2 is 1.68 bits per heavy atom. The third-order valence-corrected chi connectivity index (χ3v) is 3.86. The van der Waals surface area contributed by atoms with Gasteiger partial charge in [-0.3, -0.25) is 10.4 Å². The molecule has 4 rings (SSSR count). The fourth-order valence-electron chi connectivity index (χ4n) is 2.61. The van der Waals surface area contributed by atoms with Crippen LogP contribution in [0.3, 0.4) is 0 Å². The zero-order valence-corrected chi connectivity index (χ0v) is 13.1. The number of hydrogen-bond acceptors (Lipinski definition) is 6. The fraction of sp³-hybridized carbons (Fsp3) is 0. The number of fused-ring (bicyclic) bond motifs is 2. The molecule has 0 spiro atoms. The van der Waals surface area contributed by atoms with Crippen LogP contribution < -0.4 is 5.43 Å². The van der Waals surface area contributed by atoms with Crippen molar-refractivity contribution in [3.05, 3.63) is 66.4 Å². The van der Waals surface area contributed by atoms with Gasteiger partial charge in [-0.15, -0.1) is 0 Å². The van der Waals surface area contributed by atoms with E-state index in [-0.39, 0.29) is 11.5 Å². The summed E-state index contributed by atoms with van der Waals surface area (Å²) >= 11 is 0. The average molecular weight is 330 g/mol. The number of pyridine rings is 2. The van der Waals surface area contributed by atoms with Crippen molar-refractivity contribution >= 4 is 33.8 Å². The Bertz CT molecular complexity index is 1110. The van der Waals surface area contributed by atoms with Gasteiger partial charge >= 0.3 is 0 Å². The molecule has 0 aliphatic heterocycles. The molecule has 0 saturated heterocycles. The zero-order chi connectivity index (χ0) is 17.2. The molecule has 2 heterocycles. The van der Waals surface area contributed by atoms with Crippen molar-refractivity contribution in [3.8, 4) is 11.5 Å². The molecule has 0 fully saturated rings. The van der Waals surface area contributed by atoms with E-state index in [1.54, 1.807) is 30.5 Å². The van der Waals surface area contributed by atoms with Crippen molar-refractivity contribution in [1.29, 1.82) is 0 Å². The number of benzene rings is 2. The molecule has 122 valence electrons. The molecule has 4 aromatic rings. The number of anilines is 1. The van der Waals surface area contributed by atoms with E-state index in [1.165, 1.54) is 6.21 Å². The minimum Gasteiger partial charge on any atom is -0.506 e. The lowest BCUT2D eigenvalue weighted by atomic mass is 10.1. The number of para-hydroxylation sites is 1. The number of rotatable bonds is 3. The number of hydrazone groups is 1. The SMILES string of the molecule is Oc1cccc2ccc(N/N=C/c3ccc4cccnc4c3O)nc12. The van der Waals surface area contributed by atoms with Crippen LogP contribution in [-0.2, 0) is 0 Å². The monoisotopic (exact) mass is 330 g/mol. The van der Waals surface area contributed by atoms with Crippen LogP contribution in [-0.4, -0.2) is 26.4 Å². The first-order valence-corrected chi connectivity index (χ1v) is 7.67. The maximum Gasteiger partial charge on any atom is 0.150 e. The summed E-state index contributed by atoms with van der Waals surface area (Å²) in [7, 11) is 0. The van der Waals surface area contributed by atoms with Crippen molar-refractivity contribution in [1.82, 2.24) is 9.97 Å². The van der Waals surface area contributed by atoms with Gasteiger partial charge in [-0.05, 0) is 30.3 Å². The van der Waals surface area contributed by atoms with Gasteiger partial charge in [0.15, 0.2) is 5.75 Å². The number of phenols is 2. The van der Waals surface area contributed by atoms with Gasteiger partial charge in [-0.2, -0.15) is 5.10 Å². The quantitative estimate of drug-likeness (QED) is 0.394. The minimum atomic E-state index is 0.0766. The van der Waals surface area contributed by atoms with E-state index < -0.39 is 0 Å². The predicted molar refractivity (Wildman–Crippen MR) is 98.0 cm³/mol. The highest BCUT2D eigenvalue weighted by Crippen LogP contribution is 2.26. The molecule has 0 unspecified atom stereocenters. The molecule has 0 atom stereocenters. The van der Waals surface area contributed by atoms with Crippen LogP contribution in [0.5, 0.6) is 11.5 Å². The maximum atomic E-state index is 10.3. The van der Waals surface area contributed by atoms with E-state index in [2.05, 4.69) is 20.5 Å². The molecule has 0 aliphatic rings. The molecule has 2 aromatic carbocycles. The maximum absolute atomic E-state index is 10.3. The number of aromatic nitrogens is 2. The summed E-state index contributed by atoms with van der Waals surface area (Å²) in [5.74, 6) is 0.680. The Hall–Kier alpha value is -3.67. The van der Waals surface area contributed by atoms with Crippen LogP contribution in [0.25, 0.3) is 21.8 Å². The second-order valence-electron chi connectivity index (χ2n) is 5.49. The summed E-state index contributed by atoms with van der Waals surface area (Å²) in [5, 5.41) is 26.0. The normalized spacial score (nSPS) is 11.4. The van der Waals surface area contributed by atoms with Crippen LogP contribution in [0.4, 0.5) is 5.82 Å². The summed E-state index contributed by atoms with van der Waals surface area (Å²) in [6.45, 7) is 0. The Labute approximate surface area is 143 Å². The zero-order valence-electron chi connectivity index (χ0n) is 13.1. The molecule has 6 nitrogen and oxygen atoms in total. The van der Waals surface area contributed by atoms with Gasteiger partial charge in [0.2, 0.25) is 0 Å². The molecule has 2 aromatic heterocycles. The lowest BCUT2D eigenvalue weighted by Gasteiger charge is -2.05. The highest BCUT2D eigenvalue weighted by atomic mass is 16.3. The Morgan fingerprint density at radius 3 is 2.60 bits per heavy atom. The molecule has 3 N–H and O–H groups in total. The highest BCUT2D eigenvalue weighted by Gasteiger charge is 2.05. The molecular weight excluding hydrogens is 316 g/mol. The minimum absolute atomic E-state index is 0.0766. The molecule has 0 bridgehead atoms. The molecule has 0 radical (unpaired) electrons. The first-order valence-electron chi connectivity index (χ1n) is 7.67. The van der Waals surface area contributed by atoms with Crippen LogP contribution in [0.1, 0.15) is 5.56 Å². The van der Waals surface area contributed by atoms with E-state index in [0.717, 1.165) is 10.8 Å². The highest BCUT2D eigenvalue weighted by molar-refractivity contribution is 5.95. The molecule has 25 heavy (non-hydrogen) atoms. The molecule has 0 saturated carbocycles. The summed E-state index contributed by atoms with van der Waals surface area (Å²) in [6.07, 6.45) is 3.13. The summed E-state index contributed by atoms with van der Waals surface area (Å²) in [5.41, 5.74) is 4.38. The molecule has 6 heteroatoms. The van der Waals surface area contributed by atoms with Crippen molar-refractivity contribution in [2.75, 3.05) is 5.43 Å². The Morgan fingerprint density at radius 1 is 0.880 bits per heavy atom. The molecule has 0 amide bonds. The van der Waals surface area contributed by atoms with Crippen LogP contribution in [0, 0.1) is 0 Å². The number of nitrogens with one attached hydrogen (secondary N) is 1. The standard InChI is InChI=1S/C19H14N4O2/c24-15-5-1-3-12-8-9-16(22-17(12)15)23-21-11-14-7-6-13-4-2-10-20-18(13)19(14)25/h1-11,24-25H,(H,22,23)/b21-11+. The topological polar surface area (TPSA) is 90.6 Å². The number of nitrogens with zero attached hydrogens (tertiary/aromatic N) is 3. The van der Waals surface area contributed by atoms with Gasteiger partial charge < -0.3 is 10.2 Å². The Balaban J connectivity index is 1.61. The second-order valence-corrected chi connectivity index (χ2v) is 5.49. The lowest BCUT2D eigenvalue weighted by Crippen LogP contribution is -1.94. The van der Waals surface area contributed by atoms with E-state index in [9.17, 15) is 10.2 Å². The Kier molecular flexibility index (Phi) is 3.63. The van der Waals surface area contributed by atoms with Gasteiger partial charge in [0, 0.05) is 22.5 Å². The lowest BCUT2D eigenvalue weighted by molar-refractivity contribution is 0.479. The van der Waals surface area contributed by atoms with Crippen molar-refractivity contribution < 1.29 is 10.2 Å². The van der Waals surface area contributed by atoms with E-state index in [0.29, 0.717) is 22.4 Å². The first-order chi connectivity index (χ1) is 12.2. The smallest absolute Gasteiger partial charge is 0.150 e. The summed E-state index contributed by atoms with van der Waals surface area (Å²) < 4.78 is 0. The third kappa shape index (κ3) is 2.81. The van der Waals surface area contributed by atoms with Gasteiger partial charge in [0.25, 0.3) is 0 Å². The van der Waals surface area contributed by atoms with E-state index in [1.807, 2.05) is 30.3 Å².